The van der Waals surface area contributed by atoms with Crippen molar-refractivity contribution in [1.82, 2.24) is 4.72 Å². The van der Waals surface area contributed by atoms with E-state index in [9.17, 15) is 17.2 Å². The Bertz CT molecular complexity index is 745. The number of alkyl halides is 2. The minimum absolute atomic E-state index is 0.0237. The Labute approximate surface area is 133 Å². The molecule has 0 atom stereocenters. The van der Waals surface area contributed by atoms with Gasteiger partial charge in [0.15, 0.2) is 0 Å². The third-order valence-corrected chi connectivity index (χ3v) is 3.91. The third kappa shape index (κ3) is 6.17. The topological polar surface area (TPSA) is 55.4 Å². The van der Waals surface area contributed by atoms with Crippen LogP contribution in [0.25, 0.3) is 6.08 Å². The number of ether oxygens (including phenoxy) is 1. The molecule has 0 heterocycles. The van der Waals surface area contributed by atoms with Crippen LogP contribution >= 0.6 is 0 Å². The van der Waals surface area contributed by atoms with Gasteiger partial charge in [-0.3, -0.25) is 0 Å². The Morgan fingerprint density at radius 1 is 1.04 bits per heavy atom. The Balaban J connectivity index is 1.92. The van der Waals surface area contributed by atoms with Crippen LogP contribution in [0.15, 0.2) is 60.0 Å². The average molecular weight is 339 g/mol. The minimum Gasteiger partial charge on any atom is -0.435 e. The van der Waals surface area contributed by atoms with Crippen LogP contribution < -0.4 is 9.46 Å². The molecule has 0 bridgehead atoms. The van der Waals surface area contributed by atoms with Gasteiger partial charge in [-0.05, 0) is 29.3 Å². The van der Waals surface area contributed by atoms with E-state index < -0.39 is 16.6 Å². The van der Waals surface area contributed by atoms with E-state index in [1.54, 1.807) is 12.1 Å². The summed E-state index contributed by atoms with van der Waals surface area (Å²) in [7, 11) is -3.59. The standard InChI is InChI=1S/C16H15F2NO3S/c17-16(18)22-15-8-6-14(7-9-15)12-19-23(20,21)11-10-13-4-2-1-3-5-13/h1-11,16,19H,12H2. The summed E-state index contributed by atoms with van der Waals surface area (Å²) in [5.74, 6) is 0.0237. The predicted octanol–water partition coefficient (Wildman–Crippen LogP) is 3.38. The molecule has 2 aromatic rings. The molecule has 0 aliphatic carbocycles. The molecule has 0 aromatic heterocycles. The summed E-state index contributed by atoms with van der Waals surface area (Å²) in [5, 5.41) is 1.08. The van der Waals surface area contributed by atoms with E-state index in [0.717, 1.165) is 11.0 Å². The largest absolute Gasteiger partial charge is 0.435 e. The maximum atomic E-state index is 12.0. The second kappa shape index (κ2) is 7.85. The molecule has 0 saturated heterocycles. The van der Waals surface area contributed by atoms with Gasteiger partial charge in [-0.15, -0.1) is 0 Å². The molecule has 0 fully saturated rings. The minimum atomic E-state index is -3.59. The molecule has 23 heavy (non-hydrogen) atoms. The van der Waals surface area contributed by atoms with Crippen molar-refractivity contribution in [2.45, 2.75) is 13.2 Å². The molecule has 7 heteroatoms. The normalized spacial score (nSPS) is 12.0. The molecular formula is C16H15F2NO3S. The Morgan fingerprint density at radius 2 is 1.70 bits per heavy atom. The van der Waals surface area contributed by atoms with E-state index in [0.29, 0.717) is 5.56 Å². The van der Waals surface area contributed by atoms with Gasteiger partial charge in [-0.2, -0.15) is 8.78 Å². The van der Waals surface area contributed by atoms with Gasteiger partial charge in [0, 0.05) is 12.0 Å². The Kier molecular flexibility index (Phi) is 5.84. The molecule has 0 amide bonds. The summed E-state index contributed by atoms with van der Waals surface area (Å²) in [6.07, 6.45) is 1.49. The zero-order valence-electron chi connectivity index (χ0n) is 12.0. The summed E-state index contributed by atoms with van der Waals surface area (Å²) < 4.78 is 54.4. The lowest BCUT2D eigenvalue weighted by molar-refractivity contribution is -0.0498. The molecule has 122 valence electrons. The van der Waals surface area contributed by atoms with E-state index >= 15 is 0 Å². The van der Waals surface area contributed by atoms with E-state index in [1.807, 2.05) is 18.2 Å². The molecule has 0 aliphatic heterocycles. The van der Waals surface area contributed by atoms with Crippen LogP contribution in [-0.2, 0) is 16.6 Å². The fraction of sp³-hybridized carbons (Fsp3) is 0.125. The predicted molar refractivity (Wildman–Crippen MR) is 84.3 cm³/mol. The first kappa shape index (κ1) is 17.1. The summed E-state index contributed by atoms with van der Waals surface area (Å²) in [6.45, 7) is -2.83. The van der Waals surface area contributed by atoms with Gasteiger partial charge >= 0.3 is 6.61 Å². The van der Waals surface area contributed by atoms with Crippen LogP contribution in [-0.4, -0.2) is 15.0 Å². The first-order valence-corrected chi connectivity index (χ1v) is 8.26. The molecule has 1 N–H and O–H groups in total. The molecule has 0 unspecified atom stereocenters. The molecule has 2 rings (SSSR count). The van der Waals surface area contributed by atoms with Crippen LogP contribution in [0.4, 0.5) is 8.78 Å². The smallest absolute Gasteiger partial charge is 0.387 e. The van der Waals surface area contributed by atoms with Crippen molar-refractivity contribution in [1.29, 1.82) is 0 Å². The van der Waals surface area contributed by atoms with Crippen LogP contribution in [0.3, 0.4) is 0 Å². The van der Waals surface area contributed by atoms with Gasteiger partial charge in [-0.1, -0.05) is 42.5 Å². The number of halogens is 2. The highest BCUT2D eigenvalue weighted by atomic mass is 32.2. The highest BCUT2D eigenvalue weighted by Gasteiger charge is 2.06. The molecule has 4 nitrogen and oxygen atoms in total. The van der Waals surface area contributed by atoms with Crippen molar-refractivity contribution in [2.75, 3.05) is 0 Å². The molecule has 0 spiro atoms. The Morgan fingerprint density at radius 3 is 2.30 bits per heavy atom. The van der Waals surface area contributed by atoms with Crippen LogP contribution in [0.5, 0.6) is 5.75 Å². The first-order valence-electron chi connectivity index (χ1n) is 6.71. The lowest BCUT2D eigenvalue weighted by atomic mass is 10.2. The summed E-state index contributed by atoms with van der Waals surface area (Å²) in [5.41, 5.74) is 1.40. The van der Waals surface area contributed by atoms with E-state index in [1.165, 1.54) is 30.3 Å². The Hall–Kier alpha value is -2.25. The molecule has 0 radical (unpaired) electrons. The van der Waals surface area contributed by atoms with Crippen molar-refractivity contribution in [3.63, 3.8) is 0 Å². The monoisotopic (exact) mass is 339 g/mol. The summed E-state index contributed by atoms with van der Waals surface area (Å²) >= 11 is 0. The van der Waals surface area contributed by atoms with Crippen molar-refractivity contribution in [3.8, 4) is 5.75 Å². The lowest BCUT2D eigenvalue weighted by Crippen LogP contribution is -2.20. The molecule has 2 aromatic carbocycles. The van der Waals surface area contributed by atoms with Crippen molar-refractivity contribution >= 4 is 16.1 Å². The number of hydrogen-bond donors (Lipinski definition) is 1. The number of benzene rings is 2. The SMILES string of the molecule is O=S(=O)(C=Cc1ccccc1)NCc1ccc(OC(F)F)cc1. The molecule has 0 saturated carbocycles. The van der Waals surface area contributed by atoms with Gasteiger partial charge in [0.1, 0.15) is 5.75 Å². The van der Waals surface area contributed by atoms with Crippen LogP contribution in [0.1, 0.15) is 11.1 Å². The second-order valence-electron chi connectivity index (χ2n) is 4.60. The van der Waals surface area contributed by atoms with Gasteiger partial charge in [0.05, 0.1) is 0 Å². The number of rotatable bonds is 7. The fourth-order valence-corrected chi connectivity index (χ4v) is 2.55. The van der Waals surface area contributed by atoms with Gasteiger partial charge in [0.25, 0.3) is 0 Å². The lowest BCUT2D eigenvalue weighted by Gasteiger charge is -2.06. The third-order valence-electron chi connectivity index (χ3n) is 2.87. The van der Waals surface area contributed by atoms with Crippen molar-refractivity contribution < 1.29 is 21.9 Å². The van der Waals surface area contributed by atoms with E-state index in [-0.39, 0.29) is 12.3 Å². The average Bonchev–Trinajstić information content (AvgIpc) is 2.53. The number of hydrogen-bond acceptors (Lipinski definition) is 3. The highest BCUT2D eigenvalue weighted by Crippen LogP contribution is 2.15. The van der Waals surface area contributed by atoms with Gasteiger partial charge in [0.2, 0.25) is 10.0 Å². The maximum Gasteiger partial charge on any atom is 0.387 e. The van der Waals surface area contributed by atoms with E-state index in [4.69, 9.17) is 0 Å². The first-order chi connectivity index (χ1) is 10.9. The van der Waals surface area contributed by atoms with E-state index in [2.05, 4.69) is 9.46 Å². The number of sulfonamides is 1. The number of nitrogens with one attached hydrogen (secondary N) is 1. The fourth-order valence-electron chi connectivity index (χ4n) is 1.75. The quantitative estimate of drug-likeness (QED) is 0.841. The summed E-state index contributed by atoms with van der Waals surface area (Å²) in [6, 6.07) is 14.8. The van der Waals surface area contributed by atoms with Crippen molar-refractivity contribution in [2.24, 2.45) is 0 Å². The second-order valence-corrected chi connectivity index (χ2v) is 6.25. The zero-order valence-corrected chi connectivity index (χ0v) is 12.8. The molecule has 0 aliphatic rings. The molecular weight excluding hydrogens is 324 g/mol. The zero-order chi connectivity index (χ0) is 16.7. The highest BCUT2D eigenvalue weighted by molar-refractivity contribution is 7.92. The van der Waals surface area contributed by atoms with Crippen LogP contribution in [0.2, 0.25) is 0 Å². The van der Waals surface area contributed by atoms with Gasteiger partial charge in [-0.25, -0.2) is 13.1 Å². The maximum absolute atomic E-state index is 12.0. The van der Waals surface area contributed by atoms with Crippen molar-refractivity contribution in [3.05, 3.63) is 71.1 Å². The van der Waals surface area contributed by atoms with Crippen LogP contribution in [0, 0.1) is 0 Å². The summed E-state index contributed by atoms with van der Waals surface area (Å²) in [4.78, 5) is 0. The van der Waals surface area contributed by atoms with Gasteiger partial charge < -0.3 is 4.74 Å².